The smallest absolute Gasteiger partial charge is 0.327 e. The van der Waals surface area contributed by atoms with E-state index in [-0.39, 0.29) is 17.8 Å². The fourth-order valence-electron chi connectivity index (χ4n) is 2.01. The molecule has 0 aromatic carbocycles. The van der Waals surface area contributed by atoms with Gasteiger partial charge in [-0.25, -0.2) is 9.78 Å². The van der Waals surface area contributed by atoms with Crippen molar-refractivity contribution >= 4 is 17.1 Å². The first-order valence-corrected chi connectivity index (χ1v) is 6.45. The number of hydrogen-bond acceptors (Lipinski definition) is 5. The van der Waals surface area contributed by atoms with Crippen LogP contribution in [0.2, 0.25) is 0 Å². The SMILES string of the molecule is CCCC(C(=O)OCC)c1nc2[nH]c(=O)[nH]c(=O)c2[nH]1. The maximum atomic E-state index is 11.9. The molecule has 2 heterocycles. The maximum absolute atomic E-state index is 11.9. The van der Waals surface area contributed by atoms with Crippen LogP contribution in [0, 0.1) is 0 Å². The van der Waals surface area contributed by atoms with Gasteiger partial charge in [-0.3, -0.25) is 19.6 Å². The highest BCUT2D eigenvalue weighted by molar-refractivity contribution is 5.79. The minimum absolute atomic E-state index is 0.138. The summed E-state index contributed by atoms with van der Waals surface area (Å²) in [5, 5.41) is 0. The van der Waals surface area contributed by atoms with E-state index in [1.54, 1.807) is 6.92 Å². The molecule has 1 atom stereocenters. The Kier molecular flexibility index (Phi) is 4.02. The Morgan fingerprint density at radius 2 is 2.00 bits per heavy atom. The number of fused-ring (bicyclic) bond motifs is 1. The van der Waals surface area contributed by atoms with Crippen LogP contribution in [0.25, 0.3) is 11.2 Å². The third-order valence-corrected chi connectivity index (χ3v) is 2.89. The molecule has 0 aliphatic carbocycles. The highest BCUT2D eigenvalue weighted by Gasteiger charge is 2.25. The first kappa shape index (κ1) is 14.0. The minimum atomic E-state index is -0.635. The lowest BCUT2D eigenvalue weighted by molar-refractivity contribution is -0.145. The van der Waals surface area contributed by atoms with Gasteiger partial charge in [-0.1, -0.05) is 13.3 Å². The fraction of sp³-hybridized carbons (Fsp3) is 0.500. The molecule has 8 heteroatoms. The van der Waals surface area contributed by atoms with Gasteiger partial charge in [0.05, 0.1) is 6.61 Å². The van der Waals surface area contributed by atoms with Gasteiger partial charge in [-0.05, 0) is 13.3 Å². The van der Waals surface area contributed by atoms with E-state index in [1.807, 2.05) is 6.92 Å². The summed E-state index contributed by atoms with van der Waals surface area (Å²) in [4.78, 5) is 46.2. The fourth-order valence-corrected chi connectivity index (χ4v) is 2.01. The van der Waals surface area contributed by atoms with Crippen LogP contribution in [0.3, 0.4) is 0 Å². The lowest BCUT2D eigenvalue weighted by atomic mass is 10.0. The summed E-state index contributed by atoms with van der Waals surface area (Å²) in [6.07, 6.45) is 1.30. The third-order valence-electron chi connectivity index (χ3n) is 2.89. The molecule has 108 valence electrons. The van der Waals surface area contributed by atoms with Crippen molar-refractivity contribution < 1.29 is 9.53 Å². The average molecular weight is 280 g/mol. The van der Waals surface area contributed by atoms with Crippen LogP contribution >= 0.6 is 0 Å². The number of aromatic amines is 3. The van der Waals surface area contributed by atoms with Crippen LogP contribution in [-0.2, 0) is 9.53 Å². The molecule has 8 nitrogen and oxygen atoms in total. The van der Waals surface area contributed by atoms with Crippen molar-refractivity contribution in [2.45, 2.75) is 32.6 Å². The second kappa shape index (κ2) is 5.72. The third kappa shape index (κ3) is 2.63. The number of rotatable bonds is 5. The zero-order valence-corrected chi connectivity index (χ0v) is 11.3. The van der Waals surface area contributed by atoms with Gasteiger partial charge < -0.3 is 9.72 Å². The van der Waals surface area contributed by atoms with Gasteiger partial charge in [0.25, 0.3) is 5.56 Å². The Bertz CT molecular complexity index is 727. The normalized spacial score (nSPS) is 12.5. The summed E-state index contributed by atoms with van der Waals surface area (Å²) in [5.74, 6) is -0.643. The molecule has 0 aliphatic rings. The molecule has 0 aliphatic heterocycles. The van der Waals surface area contributed by atoms with Crippen molar-refractivity contribution in [3.05, 3.63) is 26.7 Å². The van der Waals surface area contributed by atoms with E-state index in [1.165, 1.54) is 0 Å². The number of esters is 1. The van der Waals surface area contributed by atoms with E-state index in [0.717, 1.165) is 6.42 Å². The molecule has 3 N–H and O–H groups in total. The molecule has 2 rings (SSSR count). The molecule has 1 unspecified atom stereocenters. The Hall–Kier alpha value is -2.38. The second-order valence-electron chi connectivity index (χ2n) is 4.35. The number of carbonyl (C=O) groups is 1. The number of carbonyl (C=O) groups excluding carboxylic acids is 1. The van der Waals surface area contributed by atoms with Gasteiger partial charge in [-0.15, -0.1) is 0 Å². The minimum Gasteiger partial charge on any atom is -0.465 e. The van der Waals surface area contributed by atoms with Crippen LogP contribution in [0.4, 0.5) is 0 Å². The molecule has 2 aromatic rings. The van der Waals surface area contributed by atoms with Crippen LogP contribution in [0.5, 0.6) is 0 Å². The van der Waals surface area contributed by atoms with Crippen LogP contribution in [0.15, 0.2) is 9.59 Å². The zero-order valence-electron chi connectivity index (χ0n) is 11.3. The Balaban J connectivity index is 2.48. The quantitative estimate of drug-likeness (QED) is 0.684. The number of H-pyrrole nitrogens is 3. The van der Waals surface area contributed by atoms with Crippen molar-refractivity contribution in [3.8, 4) is 0 Å². The first-order chi connectivity index (χ1) is 9.56. The van der Waals surface area contributed by atoms with Gasteiger partial charge in [0, 0.05) is 0 Å². The van der Waals surface area contributed by atoms with E-state index in [2.05, 4.69) is 19.9 Å². The summed E-state index contributed by atoms with van der Waals surface area (Å²) in [6, 6.07) is 0. The molecule has 0 radical (unpaired) electrons. The average Bonchev–Trinajstić information content (AvgIpc) is 2.79. The van der Waals surface area contributed by atoms with Gasteiger partial charge in [-0.2, -0.15) is 0 Å². The summed E-state index contributed by atoms with van der Waals surface area (Å²) in [6.45, 7) is 3.93. The monoisotopic (exact) mass is 280 g/mol. The van der Waals surface area contributed by atoms with Crippen molar-refractivity contribution in [2.24, 2.45) is 0 Å². The van der Waals surface area contributed by atoms with E-state index in [9.17, 15) is 14.4 Å². The number of ether oxygens (including phenoxy) is 1. The van der Waals surface area contributed by atoms with Gasteiger partial charge in [0.15, 0.2) is 5.65 Å². The number of aromatic nitrogens is 4. The van der Waals surface area contributed by atoms with E-state index in [4.69, 9.17) is 4.74 Å². The lowest BCUT2D eigenvalue weighted by Gasteiger charge is -2.11. The summed E-state index contributed by atoms with van der Waals surface area (Å²) >= 11 is 0. The molecule has 0 spiro atoms. The number of nitrogens with zero attached hydrogens (tertiary/aromatic N) is 1. The van der Waals surface area contributed by atoms with Crippen molar-refractivity contribution in [1.29, 1.82) is 0 Å². The molecular formula is C12H16N4O4. The molecule has 0 fully saturated rings. The molecule has 0 bridgehead atoms. The van der Waals surface area contributed by atoms with Crippen LogP contribution < -0.4 is 11.2 Å². The van der Waals surface area contributed by atoms with Crippen molar-refractivity contribution in [3.63, 3.8) is 0 Å². The number of hydrogen-bond donors (Lipinski definition) is 3. The van der Waals surface area contributed by atoms with Crippen molar-refractivity contribution in [2.75, 3.05) is 6.61 Å². The zero-order chi connectivity index (χ0) is 14.7. The maximum Gasteiger partial charge on any atom is 0.327 e. The highest BCUT2D eigenvalue weighted by atomic mass is 16.5. The predicted octanol–water partition coefficient (Wildman–Crippen LogP) is 0.386. The molecule has 0 saturated heterocycles. The van der Waals surface area contributed by atoms with Gasteiger partial charge >= 0.3 is 11.7 Å². The number of imidazole rings is 1. The molecule has 0 amide bonds. The van der Waals surface area contributed by atoms with E-state index < -0.39 is 23.1 Å². The molecule has 20 heavy (non-hydrogen) atoms. The van der Waals surface area contributed by atoms with Gasteiger partial charge in [0.2, 0.25) is 0 Å². The standard InChI is InChI=1S/C12H16N4O4/c1-3-5-6(11(18)20-4-2)8-13-7-9(14-8)15-12(19)16-10(7)17/h6H,3-5H2,1-2H3,(H3,13,14,15,16,17,19). The van der Waals surface area contributed by atoms with Crippen LogP contribution in [-0.4, -0.2) is 32.5 Å². The Morgan fingerprint density at radius 3 is 2.65 bits per heavy atom. The summed E-state index contributed by atoms with van der Waals surface area (Å²) < 4.78 is 5.00. The van der Waals surface area contributed by atoms with E-state index in [0.29, 0.717) is 12.2 Å². The highest BCUT2D eigenvalue weighted by Crippen LogP contribution is 2.21. The Labute approximate surface area is 113 Å². The largest absolute Gasteiger partial charge is 0.465 e. The van der Waals surface area contributed by atoms with Crippen molar-refractivity contribution in [1.82, 2.24) is 19.9 Å². The molecule has 2 aromatic heterocycles. The number of nitrogens with one attached hydrogen (secondary N) is 3. The summed E-state index contributed by atoms with van der Waals surface area (Å²) in [5.41, 5.74) is -0.922. The first-order valence-electron chi connectivity index (χ1n) is 6.45. The predicted molar refractivity (Wildman–Crippen MR) is 71.6 cm³/mol. The van der Waals surface area contributed by atoms with Gasteiger partial charge in [0.1, 0.15) is 17.3 Å². The lowest BCUT2D eigenvalue weighted by Crippen LogP contribution is -2.21. The molecule has 0 saturated carbocycles. The van der Waals surface area contributed by atoms with Crippen LogP contribution in [0.1, 0.15) is 38.4 Å². The van der Waals surface area contributed by atoms with E-state index >= 15 is 0 Å². The molecular weight excluding hydrogens is 264 g/mol. The Morgan fingerprint density at radius 1 is 1.25 bits per heavy atom. The summed E-state index contributed by atoms with van der Waals surface area (Å²) in [7, 11) is 0. The second-order valence-corrected chi connectivity index (χ2v) is 4.35. The topological polar surface area (TPSA) is 121 Å².